The first-order valence-corrected chi connectivity index (χ1v) is 10.9. The summed E-state index contributed by atoms with van der Waals surface area (Å²) >= 11 is 0. The Morgan fingerprint density at radius 3 is 2.36 bits per heavy atom. The van der Waals surface area contributed by atoms with Gasteiger partial charge in [0.1, 0.15) is 17.6 Å². The number of benzene rings is 3. The van der Waals surface area contributed by atoms with Crippen molar-refractivity contribution in [1.29, 1.82) is 5.26 Å². The van der Waals surface area contributed by atoms with Crippen LogP contribution in [-0.4, -0.2) is 29.1 Å². The number of rotatable bonds is 7. The lowest BCUT2D eigenvalue weighted by Crippen LogP contribution is -2.53. The zero-order valence-corrected chi connectivity index (χ0v) is 18.1. The Balaban J connectivity index is 1.10. The molecule has 0 unspecified atom stereocenters. The van der Waals surface area contributed by atoms with Crippen LogP contribution in [0.25, 0.3) is 11.1 Å². The highest BCUT2D eigenvalue weighted by molar-refractivity contribution is 5.64. The van der Waals surface area contributed by atoms with Gasteiger partial charge in [-0.2, -0.15) is 5.26 Å². The molecule has 0 amide bonds. The monoisotopic (exact) mass is 433 g/mol. The Kier molecular flexibility index (Phi) is 6.01. The summed E-state index contributed by atoms with van der Waals surface area (Å²) in [4.78, 5) is 6.79. The van der Waals surface area contributed by atoms with Gasteiger partial charge < -0.3 is 9.47 Å². The second-order valence-corrected chi connectivity index (χ2v) is 8.07. The van der Waals surface area contributed by atoms with Gasteiger partial charge in [0.15, 0.2) is 0 Å². The van der Waals surface area contributed by atoms with Crippen molar-refractivity contribution in [3.63, 3.8) is 0 Å². The molecule has 0 aliphatic carbocycles. The normalized spacial score (nSPS) is 13.7. The lowest BCUT2D eigenvalue weighted by molar-refractivity contribution is 0.0118. The summed E-state index contributed by atoms with van der Waals surface area (Å²) in [6, 6.07) is 31.6. The molecule has 0 spiro atoms. The number of nitrogens with zero attached hydrogens (tertiary/aromatic N) is 3. The zero-order valence-electron chi connectivity index (χ0n) is 18.1. The second kappa shape index (κ2) is 9.56. The molecule has 1 aliphatic heterocycles. The van der Waals surface area contributed by atoms with Crippen molar-refractivity contribution < 1.29 is 9.47 Å². The van der Waals surface area contributed by atoms with Gasteiger partial charge in [-0.05, 0) is 53.6 Å². The largest absolute Gasteiger partial charge is 0.472 e. The van der Waals surface area contributed by atoms with Gasteiger partial charge in [0.25, 0.3) is 0 Å². The van der Waals surface area contributed by atoms with Gasteiger partial charge in [0, 0.05) is 37.5 Å². The number of pyridine rings is 1. The van der Waals surface area contributed by atoms with Crippen LogP contribution in [0.2, 0.25) is 0 Å². The Morgan fingerprint density at radius 1 is 0.848 bits per heavy atom. The summed E-state index contributed by atoms with van der Waals surface area (Å²) in [5.74, 6) is 2.30. The van der Waals surface area contributed by atoms with E-state index in [9.17, 15) is 0 Å². The highest BCUT2D eigenvalue weighted by Crippen LogP contribution is 2.25. The summed E-state index contributed by atoms with van der Waals surface area (Å²) in [6.45, 7) is 2.62. The van der Waals surface area contributed by atoms with Crippen molar-refractivity contribution in [3.8, 4) is 34.6 Å². The molecular weight excluding hydrogens is 410 g/mol. The smallest absolute Gasteiger partial charge is 0.213 e. The minimum atomic E-state index is 0.144. The number of nitriles is 1. The lowest BCUT2D eigenvalue weighted by Gasteiger charge is -2.38. The molecule has 0 bridgehead atoms. The van der Waals surface area contributed by atoms with Crippen LogP contribution in [-0.2, 0) is 6.54 Å². The van der Waals surface area contributed by atoms with Crippen molar-refractivity contribution in [2.75, 3.05) is 13.1 Å². The van der Waals surface area contributed by atoms with Gasteiger partial charge in [0.05, 0.1) is 11.6 Å². The van der Waals surface area contributed by atoms with E-state index in [1.807, 2.05) is 72.8 Å². The Labute approximate surface area is 193 Å². The fourth-order valence-electron chi connectivity index (χ4n) is 3.83. The Morgan fingerprint density at radius 2 is 1.64 bits per heavy atom. The van der Waals surface area contributed by atoms with Crippen LogP contribution in [0.4, 0.5) is 0 Å². The van der Waals surface area contributed by atoms with E-state index in [0.717, 1.165) is 42.3 Å². The van der Waals surface area contributed by atoms with E-state index >= 15 is 0 Å². The van der Waals surface area contributed by atoms with E-state index in [1.165, 1.54) is 5.56 Å². The molecule has 5 heteroatoms. The summed E-state index contributed by atoms with van der Waals surface area (Å²) < 4.78 is 11.9. The maximum Gasteiger partial charge on any atom is 0.213 e. The van der Waals surface area contributed by atoms with Crippen molar-refractivity contribution in [3.05, 3.63) is 108 Å². The molecule has 0 saturated carbocycles. The first-order chi connectivity index (χ1) is 16.2. The fraction of sp³-hybridized carbons (Fsp3) is 0.143. The maximum absolute atomic E-state index is 9.07. The van der Waals surface area contributed by atoms with Gasteiger partial charge in [-0.15, -0.1) is 0 Å². The summed E-state index contributed by atoms with van der Waals surface area (Å²) in [5.41, 5.74) is 3.83. The third kappa shape index (κ3) is 5.20. The van der Waals surface area contributed by atoms with Crippen LogP contribution < -0.4 is 9.47 Å². The van der Waals surface area contributed by atoms with E-state index < -0.39 is 0 Å². The molecule has 1 saturated heterocycles. The molecule has 33 heavy (non-hydrogen) atoms. The topological polar surface area (TPSA) is 58.4 Å². The summed E-state index contributed by atoms with van der Waals surface area (Å²) in [7, 11) is 0. The molecule has 0 radical (unpaired) electrons. The van der Waals surface area contributed by atoms with Crippen LogP contribution in [0.3, 0.4) is 0 Å². The molecular formula is C28H23N3O2. The molecule has 5 rings (SSSR count). The van der Waals surface area contributed by atoms with Crippen LogP contribution in [0.15, 0.2) is 97.2 Å². The summed E-state index contributed by atoms with van der Waals surface area (Å²) in [5, 5.41) is 9.07. The quantitative estimate of drug-likeness (QED) is 0.376. The number of likely N-dealkylation sites (tertiary alicyclic amines) is 1. The maximum atomic E-state index is 9.07. The van der Waals surface area contributed by atoms with Gasteiger partial charge in [-0.3, -0.25) is 4.90 Å². The predicted octanol–water partition coefficient (Wildman–Crippen LogP) is 5.68. The highest BCUT2D eigenvalue weighted by Gasteiger charge is 2.28. The minimum absolute atomic E-state index is 0.144. The molecule has 162 valence electrons. The molecule has 0 atom stereocenters. The van der Waals surface area contributed by atoms with Gasteiger partial charge in [0.2, 0.25) is 5.88 Å². The van der Waals surface area contributed by atoms with Crippen LogP contribution in [0, 0.1) is 11.3 Å². The molecule has 1 aromatic heterocycles. The lowest BCUT2D eigenvalue weighted by atomic mass is 10.1. The van der Waals surface area contributed by atoms with E-state index in [0.29, 0.717) is 11.4 Å². The zero-order chi connectivity index (χ0) is 22.5. The first kappa shape index (κ1) is 20.7. The SMILES string of the molecule is N#Cc1cccc(-c2ccc(OC3CN(Cc4ccc(Oc5ccccc5)cc4)C3)nc2)c1. The minimum Gasteiger partial charge on any atom is -0.472 e. The first-order valence-electron chi connectivity index (χ1n) is 10.9. The van der Waals surface area contributed by atoms with Gasteiger partial charge in [-0.25, -0.2) is 4.98 Å². The highest BCUT2D eigenvalue weighted by atomic mass is 16.5. The Bertz CT molecular complexity index is 1240. The molecule has 1 fully saturated rings. The van der Waals surface area contributed by atoms with E-state index in [2.05, 4.69) is 28.1 Å². The third-order valence-corrected chi connectivity index (χ3v) is 5.58. The molecule has 1 aliphatic rings. The van der Waals surface area contributed by atoms with E-state index in [1.54, 1.807) is 12.3 Å². The Hall–Kier alpha value is -4.14. The van der Waals surface area contributed by atoms with Crippen molar-refractivity contribution in [2.45, 2.75) is 12.6 Å². The van der Waals surface area contributed by atoms with E-state index in [-0.39, 0.29) is 6.10 Å². The molecule has 0 N–H and O–H groups in total. The number of hydrogen-bond donors (Lipinski definition) is 0. The molecule has 3 aromatic carbocycles. The van der Waals surface area contributed by atoms with Crippen LogP contribution >= 0.6 is 0 Å². The standard InChI is InChI=1S/C28H23N3O2/c29-16-22-5-4-6-23(15-22)24-11-14-28(30-17-24)33-27-19-31(20-27)18-21-9-12-26(13-10-21)32-25-7-2-1-3-8-25/h1-15,17,27H,18-20H2. The van der Waals surface area contributed by atoms with Crippen molar-refractivity contribution >= 4 is 0 Å². The molecule has 4 aromatic rings. The average Bonchev–Trinajstić information content (AvgIpc) is 2.85. The number of aromatic nitrogens is 1. The van der Waals surface area contributed by atoms with Crippen molar-refractivity contribution in [1.82, 2.24) is 9.88 Å². The molecule has 5 nitrogen and oxygen atoms in total. The number of para-hydroxylation sites is 1. The van der Waals surface area contributed by atoms with Gasteiger partial charge >= 0.3 is 0 Å². The third-order valence-electron chi connectivity index (χ3n) is 5.58. The van der Waals surface area contributed by atoms with Crippen LogP contribution in [0.1, 0.15) is 11.1 Å². The average molecular weight is 434 g/mol. The van der Waals surface area contributed by atoms with Crippen molar-refractivity contribution in [2.24, 2.45) is 0 Å². The number of ether oxygens (including phenoxy) is 2. The van der Waals surface area contributed by atoms with E-state index in [4.69, 9.17) is 14.7 Å². The van der Waals surface area contributed by atoms with Gasteiger partial charge in [-0.1, -0.05) is 42.5 Å². The predicted molar refractivity (Wildman–Crippen MR) is 127 cm³/mol. The fourth-order valence-corrected chi connectivity index (χ4v) is 3.83. The second-order valence-electron chi connectivity index (χ2n) is 8.07. The summed E-state index contributed by atoms with van der Waals surface area (Å²) in [6.07, 6.45) is 1.94. The molecule has 2 heterocycles. The van der Waals surface area contributed by atoms with Crippen LogP contribution in [0.5, 0.6) is 17.4 Å². The number of hydrogen-bond acceptors (Lipinski definition) is 5.